The van der Waals surface area contributed by atoms with Gasteiger partial charge in [-0.3, -0.25) is 4.90 Å². The van der Waals surface area contributed by atoms with E-state index in [0.29, 0.717) is 0 Å². The van der Waals surface area contributed by atoms with Crippen LogP contribution in [0.3, 0.4) is 0 Å². The van der Waals surface area contributed by atoms with Gasteiger partial charge in [-0.05, 0) is 17.7 Å². The number of nitrogens with zero attached hydrogens (tertiary/aromatic N) is 6. The second-order valence-electron chi connectivity index (χ2n) is 6.31. The lowest BCUT2D eigenvalue weighted by Crippen LogP contribution is -2.24. The van der Waals surface area contributed by atoms with E-state index in [1.165, 1.54) is 5.56 Å². The molecule has 7 nitrogen and oxygen atoms in total. The molecule has 0 spiro atoms. The molecule has 0 fully saturated rings. The summed E-state index contributed by atoms with van der Waals surface area (Å²) in [5.74, 6) is 1.99. The normalized spacial score (nSPS) is 11.6. The highest BCUT2D eigenvalue weighted by atomic mass is 15.2. The van der Waals surface area contributed by atoms with Crippen LogP contribution in [0.2, 0.25) is 0 Å². The molecule has 0 saturated carbocycles. The van der Waals surface area contributed by atoms with Crippen LogP contribution in [-0.4, -0.2) is 34.0 Å². The molecule has 0 aliphatic heterocycles. The van der Waals surface area contributed by atoms with E-state index in [0.717, 1.165) is 42.3 Å². The highest BCUT2D eigenvalue weighted by Crippen LogP contribution is 2.17. The summed E-state index contributed by atoms with van der Waals surface area (Å²) in [5.41, 5.74) is 3.41. The van der Waals surface area contributed by atoms with Gasteiger partial charge in [-0.25, -0.2) is 15.0 Å². The Morgan fingerprint density at radius 2 is 1.92 bits per heavy atom. The van der Waals surface area contributed by atoms with Crippen molar-refractivity contribution in [1.82, 2.24) is 34.0 Å². The van der Waals surface area contributed by atoms with Crippen LogP contribution in [-0.2, 0) is 33.7 Å². The molecular weight excluding hydrogens is 314 g/mol. The molecule has 1 N–H and O–H groups in total. The second-order valence-corrected chi connectivity index (χ2v) is 6.31. The van der Waals surface area contributed by atoms with E-state index < -0.39 is 0 Å². The van der Waals surface area contributed by atoms with Gasteiger partial charge in [-0.15, -0.1) is 0 Å². The fourth-order valence-electron chi connectivity index (χ4n) is 3.04. The number of rotatable bonds is 6. The number of hydrogen-bond acceptors (Lipinski definition) is 4. The summed E-state index contributed by atoms with van der Waals surface area (Å²) in [4.78, 5) is 18.7. The highest BCUT2D eigenvalue weighted by molar-refractivity contribution is 5.75. The fourth-order valence-corrected chi connectivity index (χ4v) is 3.04. The molecule has 0 aliphatic rings. The molecule has 0 aliphatic carbocycles. The van der Waals surface area contributed by atoms with Gasteiger partial charge in [0.1, 0.15) is 11.6 Å². The topological polar surface area (TPSA) is 67.6 Å². The van der Waals surface area contributed by atoms with E-state index in [1.807, 2.05) is 39.0 Å². The monoisotopic (exact) mass is 335 g/mol. The Morgan fingerprint density at radius 3 is 2.68 bits per heavy atom. The zero-order valence-electron chi connectivity index (χ0n) is 14.4. The van der Waals surface area contributed by atoms with Gasteiger partial charge in [0.2, 0.25) is 0 Å². The van der Waals surface area contributed by atoms with Crippen LogP contribution in [0.1, 0.15) is 17.2 Å². The van der Waals surface area contributed by atoms with Crippen molar-refractivity contribution in [2.24, 2.45) is 14.1 Å². The van der Waals surface area contributed by atoms with Crippen molar-refractivity contribution in [2.75, 3.05) is 0 Å². The molecule has 0 bridgehead atoms. The average Bonchev–Trinajstić information content (AvgIpc) is 3.32. The Hall–Kier alpha value is -2.93. The molecule has 0 unspecified atom stereocenters. The molecule has 25 heavy (non-hydrogen) atoms. The van der Waals surface area contributed by atoms with Crippen molar-refractivity contribution in [3.05, 3.63) is 66.5 Å². The van der Waals surface area contributed by atoms with Crippen LogP contribution in [0.15, 0.2) is 49.3 Å². The van der Waals surface area contributed by atoms with Crippen molar-refractivity contribution in [3.8, 4) is 0 Å². The van der Waals surface area contributed by atoms with Gasteiger partial charge in [-0.2, -0.15) is 0 Å². The first kappa shape index (κ1) is 15.6. The quantitative estimate of drug-likeness (QED) is 0.587. The van der Waals surface area contributed by atoms with Gasteiger partial charge in [0, 0.05) is 45.4 Å². The standard InChI is InChI=1S/C18H21N7/c1-23-8-7-21-18(23)12-25(11-17-19-5-6-20-17)10-14-3-4-15-16(9-14)24(2)13-22-15/h3-9,13H,10-12H2,1-2H3,(H,19,20). The molecular formula is C18H21N7. The number of aryl methyl sites for hydroxylation is 2. The van der Waals surface area contributed by atoms with Crippen molar-refractivity contribution in [1.29, 1.82) is 0 Å². The summed E-state index contributed by atoms with van der Waals surface area (Å²) in [6.07, 6.45) is 9.30. The van der Waals surface area contributed by atoms with E-state index >= 15 is 0 Å². The molecule has 0 amide bonds. The molecule has 3 aromatic heterocycles. The predicted octanol–water partition coefficient (Wildman–Crippen LogP) is 2.23. The minimum absolute atomic E-state index is 0.739. The number of benzene rings is 1. The van der Waals surface area contributed by atoms with E-state index in [1.54, 1.807) is 6.20 Å². The third kappa shape index (κ3) is 3.32. The van der Waals surface area contributed by atoms with Crippen LogP contribution < -0.4 is 0 Å². The first-order chi connectivity index (χ1) is 12.2. The molecule has 0 atom stereocenters. The first-order valence-corrected chi connectivity index (χ1v) is 8.26. The Bertz CT molecular complexity index is 965. The number of hydrogen-bond donors (Lipinski definition) is 1. The summed E-state index contributed by atoms with van der Waals surface area (Å²) in [7, 11) is 4.04. The van der Waals surface area contributed by atoms with Crippen molar-refractivity contribution in [2.45, 2.75) is 19.6 Å². The number of aromatic amines is 1. The number of H-pyrrole nitrogens is 1. The predicted molar refractivity (Wildman–Crippen MR) is 95.5 cm³/mol. The molecule has 7 heteroatoms. The van der Waals surface area contributed by atoms with Crippen LogP contribution in [0.25, 0.3) is 11.0 Å². The number of imidazole rings is 3. The van der Waals surface area contributed by atoms with Crippen LogP contribution in [0, 0.1) is 0 Å². The van der Waals surface area contributed by atoms with Crippen molar-refractivity contribution >= 4 is 11.0 Å². The minimum atomic E-state index is 0.739. The summed E-state index contributed by atoms with van der Waals surface area (Å²) in [5, 5.41) is 0. The van der Waals surface area contributed by atoms with Crippen molar-refractivity contribution < 1.29 is 0 Å². The molecule has 3 heterocycles. The van der Waals surface area contributed by atoms with Crippen LogP contribution >= 0.6 is 0 Å². The third-order valence-electron chi connectivity index (χ3n) is 4.41. The number of nitrogens with one attached hydrogen (secondary N) is 1. The molecule has 0 saturated heterocycles. The molecule has 0 radical (unpaired) electrons. The van der Waals surface area contributed by atoms with Crippen molar-refractivity contribution in [3.63, 3.8) is 0 Å². The third-order valence-corrected chi connectivity index (χ3v) is 4.41. The van der Waals surface area contributed by atoms with E-state index in [9.17, 15) is 0 Å². The summed E-state index contributed by atoms with van der Waals surface area (Å²) in [6.45, 7) is 2.31. The molecule has 4 aromatic rings. The van der Waals surface area contributed by atoms with Gasteiger partial charge in [0.15, 0.2) is 0 Å². The summed E-state index contributed by atoms with van der Waals surface area (Å²) >= 11 is 0. The Balaban J connectivity index is 1.59. The van der Waals surface area contributed by atoms with Gasteiger partial charge in [-0.1, -0.05) is 6.07 Å². The fraction of sp³-hybridized carbons (Fsp3) is 0.278. The molecule has 4 rings (SSSR count). The maximum atomic E-state index is 4.46. The highest BCUT2D eigenvalue weighted by Gasteiger charge is 2.13. The lowest BCUT2D eigenvalue weighted by atomic mass is 10.2. The maximum Gasteiger partial charge on any atom is 0.122 e. The maximum absolute atomic E-state index is 4.46. The largest absolute Gasteiger partial charge is 0.348 e. The molecule has 1 aromatic carbocycles. The Kier molecular flexibility index (Phi) is 4.07. The summed E-state index contributed by atoms with van der Waals surface area (Å²) in [6, 6.07) is 6.43. The van der Waals surface area contributed by atoms with Gasteiger partial charge >= 0.3 is 0 Å². The summed E-state index contributed by atoms with van der Waals surface area (Å²) < 4.78 is 4.11. The van der Waals surface area contributed by atoms with E-state index in [2.05, 4.69) is 52.2 Å². The van der Waals surface area contributed by atoms with Crippen LogP contribution in [0.5, 0.6) is 0 Å². The van der Waals surface area contributed by atoms with Crippen LogP contribution in [0.4, 0.5) is 0 Å². The van der Waals surface area contributed by atoms with E-state index in [4.69, 9.17) is 0 Å². The smallest absolute Gasteiger partial charge is 0.122 e. The lowest BCUT2D eigenvalue weighted by molar-refractivity contribution is 0.233. The second kappa shape index (κ2) is 6.52. The number of aromatic nitrogens is 6. The zero-order chi connectivity index (χ0) is 17.2. The average molecular weight is 335 g/mol. The van der Waals surface area contributed by atoms with Gasteiger partial charge < -0.3 is 14.1 Å². The number of fused-ring (bicyclic) bond motifs is 1. The Labute approximate surface area is 146 Å². The zero-order valence-corrected chi connectivity index (χ0v) is 14.4. The SMILES string of the molecule is Cn1ccnc1CN(Cc1ccc2ncn(C)c2c1)Cc1ncc[nH]1. The van der Waals surface area contributed by atoms with E-state index in [-0.39, 0.29) is 0 Å². The minimum Gasteiger partial charge on any atom is -0.348 e. The molecule has 128 valence electrons. The van der Waals surface area contributed by atoms with Gasteiger partial charge in [0.05, 0.1) is 30.5 Å². The lowest BCUT2D eigenvalue weighted by Gasteiger charge is -2.21. The Morgan fingerprint density at radius 1 is 1.00 bits per heavy atom. The first-order valence-electron chi connectivity index (χ1n) is 8.26. The van der Waals surface area contributed by atoms with Gasteiger partial charge in [0.25, 0.3) is 0 Å².